The zero-order valence-corrected chi connectivity index (χ0v) is 29.1. The molecule has 0 bridgehead atoms. The SMILES string of the molecule is O=C(NCCCCCCCCc1ccccc1)c1cc(-c2cccc(C(F)(F)F)c2)c(OCCNc2c(O)c(=O)c2=O)c(-c2cccc(C(F)(F)F)c2)c1. The molecule has 0 atom stereocenters. The molecular weight excluding hydrogens is 714 g/mol. The summed E-state index contributed by atoms with van der Waals surface area (Å²) < 4.78 is 88.9. The number of halogens is 6. The second-order valence-electron chi connectivity index (χ2n) is 12.8. The number of ether oxygens (including phenoxy) is 1. The van der Waals surface area contributed by atoms with E-state index in [1.165, 1.54) is 29.8 Å². The zero-order valence-electron chi connectivity index (χ0n) is 29.1. The van der Waals surface area contributed by atoms with Crippen molar-refractivity contribution in [3.8, 4) is 33.8 Å². The Morgan fingerprint density at radius 2 is 1.20 bits per heavy atom. The Balaban J connectivity index is 1.39. The van der Waals surface area contributed by atoms with Crippen molar-refractivity contribution < 1.29 is 41.0 Å². The predicted octanol–water partition coefficient (Wildman–Crippen LogP) is 9.16. The minimum Gasteiger partial charge on any atom is -0.502 e. The number of hydrogen-bond acceptors (Lipinski definition) is 6. The van der Waals surface area contributed by atoms with Crippen LogP contribution in [-0.4, -0.2) is 30.7 Å². The van der Waals surface area contributed by atoms with Crippen LogP contribution in [0.5, 0.6) is 11.5 Å². The Bertz CT molecular complexity index is 2040. The van der Waals surface area contributed by atoms with Gasteiger partial charge in [0.25, 0.3) is 16.8 Å². The van der Waals surface area contributed by atoms with Crippen LogP contribution in [0, 0.1) is 0 Å². The molecule has 13 heteroatoms. The molecule has 0 heterocycles. The largest absolute Gasteiger partial charge is 0.502 e. The summed E-state index contributed by atoms with van der Waals surface area (Å²) in [7, 11) is 0. The number of benzene rings is 4. The molecule has 54 heavy (non-hydrogen) atoms. The summed E-state index contributed by atoms with van der Waals surface area (Å²) in [6, 6.07) is 21.3. The minimum atomic E-state index is -4.73. The predicted molar refractivity (Wildman–Crippen MR) is 195 cm³/mol. The van der Waals surface area contributed by atoms with Gasteiger partial charge in [-0.3, -0.25) is 14.4 Å². The van der Waals surface area contributed by atoms with Gasteiger partial charge in [0.05, 0.1) is 11.1 Å². The van der Waals surface area contributed by atoms with Gasteiger partial charge in [-0.1, -0.05) is 80.3 Å². The highest BCUT2D eigenvalue weighted by Gasteiger charge is 2.32. The van der Waals surface area contributed by atoms with Crippen molar-refractivity contribution in [2.75, 3.05) is 25.0 Å². The lowest BCUT2D eigenvalue weighted by Gasteiger charge is -2.20. The highest BCUT2D eigenvalue weighted by Crippen LogP contribution is 2.43. The molecule has 5 aromatic rings. The fourth-order valence-electron chi connectivity index (χ4n) is 6.05. The van der Waals surface area contributed by atoms with Crippen LogP contribution >= 0.6 is 0 Å². The number of carbonyl (C=O) groups is 1. The minimum absolute atomic E-state index is 0.00590. The number of unbranched alkanes of at least 4 members (excludes halogenated alkanes) is 5. The number of carbonyl (C=O) groups excluding carboxylic acids is 1. The molecule has 0 aliphatic heterocycles. The van der Waals surface area contributed by atoms with Crippen LogP contribution in [0.4, 0.5) is 32.0 Å². The average Bonchev–Trinajstić information content (AvgIpc) is 3.16. The standard InChI is InChI=1S/C41H38F6N2O5/c42-40(43,44)30-17-10-15-27(22-30)32-24-29(39(53)49-19-9-4-2-1-3-6-12-26-13-7-5-8-14-26)25-33(28-16-11-18-31(23-28)41(45,46)47)38(32)54-21-20-48-34-35(50)37(52)36(34)51/h5,7-8,10-11,13-18,22-25,48,50H,1-4,6,9,12,19-21H2,(H,49,53). The van der Waals surface area contributed by atoms with E-state index in [2.05, 4.69) is 22.8 Å². The fourth-order valence-corrected chi connectivity index (χ4v) is 6.05. The first-order valence-corrected chi connectivity index (χ1v) is 17.5. The molecule has 7 nitrogen and oxygen atoms in total. The Labute approximate surface area is 307 Å². The molecular formula is C41H38F6N2O5. The summed E-state index contributed by atoms with van der Waals surface area (Å²) in [5.74, 6) is -1.47. The van der Waals surface area contributed by atoms with Crippen molar-refractivity contribution in [1.29, 1.82) is 0 Å². The highest BCUT2D eigenvalue weighted by atomic mass is 19.4. The summed E-state index contributed by atoms with van der Waals surface area (Å²) in [6.45, 7) is -0.194. The molecule has 0 saturated carbocycles. The van der Waals surface area contributed by atoms with E-state index in [9.17, 15) is 45.8 Å². The lowest BCUT2D eigenvalue weighted by atomic mass is 9.92. The third-order valence-electron chi connectivity index (χ3n) is 8.91. The van der Waals surface area contributed by atoms with Crippen LogP contribution in [0.15, 0.2) is 101 Å². The van der Waals surface area contributed by atoms with Gasteiger partial charge in [-0.15, -0.1) is 0 Å². The molecule has 5 rings (SSSR count). The maximum atomic E-state index is 13.8. The topological polar surface area (TPSA) is 105 Å². The van der Waals surface area contributed by atoms with E-state index in [0.29, 0.717) is 13.0 Å². The molecule has 0 aliphatic carbocycles. The summed E-state index contributed by atoms with van der Waals surface area (Å²) in [4.78, 5) is 36.7. The Morgan fingerprint density at radius 1 is 0.648 bits per heavy atom. The van der Waals surface area contributed by atoms with E-state index in [1.807, 2.05) is 18.2 Å². The summed E-state index contributed by atoms with van der Waals surface area (Å²) in [5, 5.41) is 15.0. The van der Waals surface area contributed by atoms with Crippen molar-refractivity contribution in [3.05, 3.63) is 134 Å². The van der Waals surface area contributed by atoms with Crippen molar-refractivity contribution in [1.82, 2.24) is 5.32 Å². The van der Waals surface area contributed by atoms with Crippen LogP contribution in [-0.2, 0) is 18.8 Å². The second kappa shape index (κ2) is 17.5. The summed E-state index contributed by atoms with van der Waals surface area (Å²) in [6.07, 6.45) is -2.80. The van der Waals surface area contributed by atoms with Gasteiger partial charge in [0.1, 0.15) is 18.0 Å². The molecule has 0 fully saturated rings. The zero-order chi connectivity index (χ0) is 38.9. The number of amides is 1. The second-order valence-corrected chi connectivity index (χ2v) is 12.8. The first-order chi connectivity index (χ1) is 25.7. The van der Waals surface area contributed by atoms with Crippen molar-refractivity contribution >= 4 is 11.6 Å². The first-order valence-electron chi connectivity index (χ1n) is 17.5. The van der Waals surface area contributed by atoms with Crippen LogP contribution < -0.4 is 26.2 Å². The third-order valence-corrected chi connectivity index (χ3v) is 8.91. The number of aryl methyl sites for hydroxylation is 1. The Morgan fingerprint density at radius 3 is 1.76 bits per heavy atom. The molecule has 1 amide bonds. The van der Waals surface area contributed by atoms with Gasteiger partial charge in [0.15, 0.2) is 5.75 Å². The third kappa shape index (κ3) is 10.1. The van der Waals surface area contributed by atoms with Crippen molar-refractivity contribution in [2.24, 2.45) is 0 Å². The molecule has 0 spiro atoms. The number of rotatable bonds is 17. The lowest BCUT2D eigenvalue weighted by molar-refractivity contribution is -0.138. The smallest absolute Gasteiger partial charge is 0.416 e. The molecule has 0 aromatic heterocycles. The van der Waals surface area contributed by atoms with Gasteiger partial charge >= 0.3 is 12.4 Å². The summed E-state index contributed by atoms with van der Waals surface area (Å²) in [5.41, 5.74) is -3.14. The Kier molecular flexibility index (Phi) is 12.8. The molecule has 0 radical (unpaired) electrons. The van der Waals surface area contributed by atoms with E-state index in [0.717, 1.165) is 74.9 Å². The fraction of sp³-hybridized carbons (Fsp3) is 0.293. The molecule has 284 valence electrons. The Hall–Kier alpha value is -5.59. The first kappa shape index (κ1) is 39.6. The van der Waals surface area contributed by atoms with E-state index >= 15 is 0 Å². The van der Waals surface area contributed by atoms with Crippen LogP contribution in [0.3, 0.4) is 0 Å². The van der Waals surface area contributed by atoms with Gasteiger partial charge in [-0.2, -0.15) is 26.3 Å². The highest BCUT2D eigenvalue weighted by molar-refractivity contribution is 5.99. The van der Waals surface area contributed by atoms with Crippen molar-refractivity contribution in [3.63, 3.8) is 0 Å². The number of aromatic hydroxyl groups is 1. The maximum absolute atomic E-state index is 13.8. The lowest BCUT2D eigenvalue weighted by Crippen LogP contribution is -2.34. The normalized spacial score (nSPS) is 11.8. The van der Waals surface area contributed by atoms with Gasteiger partial charge in [-0.05, 0) is 72.4 Å². The number of anilines is 1. The van der Waals surface area contributed by atoms with Crippen LogP contribution in [0.1, 0.15) is 65.6 Å². The van der Waals surface area contributed by atoms with Crippen LogP contribution in [0.2, 0.25) is 0 Å². The molecule has 0 aliphatic rings. The van der Waals surface area contributed by atoms with Gasteiger partial charge in [0.2, 0.25) is 0 Å². The van der Waals surface area contributed by atoms with Gasteiger partial charge < -0.3 is 20.5 Å². The number of hydrogen-bond donors (Lipinski definition) is 3. The molecule has 0 saturated heterocycles. The number of alkyl halides is 6. The quantitative estimate of drug-likeness (QED) is 0.0498. The van der Waals surface area contributed by atoms with E-state index in [-0.39, 0.29) is 52.4 Å². The van der Waals surface area contributed by atoms with E-state index < -0.39 is 46.0 Å². The average molecular weight is 753 g/mol. The number of nitrogens with one attached hydrogen (secondary N) is 2. The van der Waals surface area contributed by atoms with Crippen LogP contribution in [0.25, 0.3) is 22.3 Å². The monoisotopic (exact) mass is 752 g/mol. The molecule has 0 unspecified atom stereocenters. The van der Waals surface area contributed by atoms with Gasteiger partial charge in [-0.25, -0.2) is 0 Å². The van der Waals surface area contributed by atoms with Crippen molar-refractivity contribution in [2.45, 2.75) is 57.3 Å². The maximum Gasteiger partial charge on any atom is 0.416 e. The summed E-state index contributed by atoms with van der Waals surface area (Å²) >= 11 is 0. The molecule has 3 N–H and O–H groups in total. The van der Waals surface area contributed by atoms with E-state index in [1.54, 1.807) is 0 Å². The van der Waals surface area contributed by atoms with E-state index in [4.69, 9.17) is 4.74 Å². The van der Waals surface area contributed by atoms with Gasteiger partial charge in [0, 0.05) is 29.8 Å². The molecule has 5 aromatic carbocycles.